The Kier molecular flexibility index (Phi) is 8.93. The highest BCUT2D eigenvalue weighted by Crippen LogP contribution is 2.32. The van der Waals surface area contributed by atoms with E-state index in [9.17, 15) is 32.3 Å². The predicted octanol–water partition coefficient (Wildman–Crippen LogP) is 3.66. The monoisotopic (exact) mass is 586 g/mol. The number of alkyl halides is 3. The second-order valence-corrected chi connectivity index (χ2v) is 10.8. The molecular formula is C30H33F3N4O5. The minimum absolute atomic E-state index is 0.0692. The molecule has 42 heavy (non-hydrogen) atoms. The normalized spacial score (nSPS) is 19.3. The zero-order chi connectivity index (χ0) is 30.8. The standard InChI is InChI=1S/C30H33F3N4O5/c1-18(2)8-13-23(34-27(39)19-9-11-21(12-10-19)35(3)4)29(41)36-15-14-24-26(36)25(38)17-37(24)28(40)20-6-5-7-22(16-20)42-30(31,32)33/h5-13,16,18,23-24,26H,14-15,17H2,1-4H3,(H,34,39)/b13-8-/t23-,24+,26-/m0/s1. The SMILES string of the molecule is CC(C)/C=C\[C@H](NC(=O)c1ccc(N(C)C)cc1)C(=O)N1CC[C@@H]2[C@H]1C(=O)CN2C(=O)c1cccc(OC(F)(F)F)c1. The summed E-state index contributed by atoms with van der Waals surface area (Å²) in [5, 5.41) is 2.77. The zero-order valence-electron chi connectivity index (χ0n) is 23.7. The number of nitrogens with one attached hydrogen (secondary N) is 1. The van der Waals surface area contributed by atoms with Crippen LogP contribution in [0.3, 0.4) is 0 Å². The lowest BCUT2D eigenvalue weighted by atomic mass is 10.1. The van der Waals surface area contributed by atoms with Gasteiger partial charge in [-0.2, -0.15) is 0 Å². The Bertz CT molecular complexity index is 1370. The van der Waals surface area contributed by atoms with Crippen LogP contribution in [0.2, 0.25) is 0 Å². The van der Waals surface area contributed by atoms with Gasteiger partial charge in [0.05, 0.1) is 12.6 Å². The van der Waals surface area contributed by atoms with E-state index in [2.05, 4.69) is 10.1 Å². The molecule has 2 aromatic rings. The lowest BCUT2D eigenvalue weighted by Gasteiger charge is -2.27. The number of likely N-dealkylation sites (tertiary alicyclic amines) is 2. The molecule has 1 N–H and O–H groups in total. The number of anilines is 1. The smallest absolute Gasteiger partial charge is 0.406 e. The second-order valence-electron chi connectivity index (χ2n) is 10.8. The van der Waals surface area contributed by atoms with Crippen molar-refractivity contribution in [1.29, 1.82) is 0 Å². The Morgan fingerprint density at radius 1 is 1.02 bits per heavy atom. The van der Waals surface area contributed by atoms with Crippen LogP contribution in [0.4, 0.5) is 18.9 Å². The molecule has 0 saturated carbocycles. The average molecular weight is 587 g/mol. The first kappa shape index (κ1) is 30.6. The highest BCUT2D eigenvalue weighted by atomic mass is 19.4. The number of ether oxygens (including phenoxy) is 1. The summed E-state index contributed by atoms with van der Waals surface area (Å²) in [6, 6.07) is 8.90. The molecule has 3 atom stereocenters. The van der Waals surface area contributed by atoms with E-state index in [-0.39, 0.29) is 30.4 Å². The molecule has 2 aliphatic heterocycles. The number of fused-ring (bicyclic) bond motifs is 1. The summed E-state index contributed by atoms with van der Waals surface area (Å²) in [4.78, 5) is 57.8. The van der Waals surface area contributed by atoms with E-state index in [0.29, 0.717) is 12.0 Å². The summed E-state index contributed by atoms with van der Waals surface area (Å²) in [5.74, 6) is -2.41. The first-order chi connectivity index (χ1) is 19.7. The quantitative estimate of drug-likeness (QED) is 0.475. The number of benzene rings is 2. The highest BCUT2D eigenvalue weighted by Gasteiger charge is 2.52. The van der Waals surface area contributed by atoms with Gasteiger partial charge in [-0.15, -0.1) is 13.2 Å². The second kappa shape index (κ2) is 12.3. The summed E-state index contributed by atoms with van der Waals surface area (Å²) in [6.07, 6.45) is -1.24. The molecule has 9 nitrogen and oxygen atoms in total. The first-order valence-electron chi connectivity index (χ1n) is 13.5. The van der Waals surface area contributed by atoms with Crippen molar-refractivity contribution in [1.82, 2.24) is 15.1 Å². The van der Waals surface area contributed by atoms with E-state index in [4.69, 9.17) is 0 Å². The third-order valence-corrected chi connectivity index (χ3v) is 7.17. The molecule has 0 bridgehead atoms. The number of halogens is 3. The molecule has 2 heterocycles. The molecule has 12 heteroatoms. The molecule has 2 aliphatic rings. The van der Waals surface area contributed by atoms with Crippen molar-refractivity contribution < 1.29 is 37.1 Å². The largest absolute Gasteiger partial charge is 0.573 e. The maximum atomic E-state index is 13.8. The molecule has 0 unspecified atom stereocenters. The van der Waals surface area contributed by atoms with Crippen LogP contribution in [-0.2, 0) is 9.59 Å². The average Bonchev–Trinajstić information content (AvgIpc) is 3.50. The lowest BCUT2D eigenvalue weighted by molar-refractivity contribution is -0.274. The molecule has 0 aliphatic carbocycles. The molecule has 2 aromatic carbocycles. The maximum Gasteiger partial charge on any atom is 0.573 e. The Morgan fingerprint density at radius 2 is 1.71 bits per heavy atom. The van der Waals surface area contributed by atoms with Gasteiger partial charge >= 0.3 is 6.36 Å². The van der Waals surface area contributed by atoms with Gasteiger partial charge in [-0.3, -0.25) is 19.2 Å². The van der Waals surface area contributed by atoms with Crippen LogP contribution in [0, 0.1) is 5.92 Å². The van der Waals surface area contributed by atoms with E-state index in [0.717, 1.165) is 17.8 Å². The van der Waals surface area contributed by atoms with Crippen molar-refractivity contribution >= 4 is 29.2 Å². The van der Waals surface area contributed by atoms with Gasteiger partial charge in [-0.25, -0.2) is 0 Å². The van der Waals surface area contributed by atoms with Crippen molar-refractivity contribution in [3.05, 3.63) is 71.8 Å². The first-order valence-corrected chi connectivity index (χ1v) is 13.5. The zero-order valence-corrected chi connectivity index (χ0v) is 23.7. The number of carbonyl (C=O) groups is 4. The van der Waals surface area contributed by atoms with E-state index >= 15 is 0 Å². The predicted molar refractivity (Wildman–Crippen MR) is 149 cm³/mol. The number of ketones is 1. The van der Waals surface area contributed by atoms with Gasteiger partial charge in [0.15, 0.2) is 5.78 Å². The lowest BCUT2D eigenvalue weighted by Crippen LogP contribution is -2.51. The van der Waals surface area contributed by atoms with Gasteiger partial charge in [0.1, 0.15) is 17.8 Å². The molecular weight excluding hydrogens is 553 g/mol. The van der Waals surface area contributed by atoms with E-state index in [1.807, 2.05) is 32.8 Å². The highest BCUT2D eigenvalue weighted by molar-refractivity contribution is 6.04. The van der Waals surface area contributed by atoms with Gasteiger partial charge in [0.25, 0.3) is 11.8 Å². The fourth-order valence-corrected chi connectivity index (χ4v) is 5.17. The molecule has 2 fully saturated rings. The number of hydrogen-bond donors (Lipinski definition) is 1. The molecule has 0 aromatic heterocycles. The number of rotatable bonds is 8. The number of amides is 3. The topological polar surface area (TPSA) is 99.3 Å². The molecule has 2 saturated heterocycles. The van der Waals surface area contributed by atoms with Gasteiger partial charge in [0, 0.05) is 37.5 Å². The number of allylic oxidation sites excluding steroid dienone is 1. The summed E-state index contributed by atoms with van der Waals surface area (Å²) < 4.78 is 41.9. The van der Waals surface area contributed by atoms with Crippen molar-refractivity contribution in [3.63, 3.8) is 0 Å². The minimum Gasteiger partial charge on any atom is -0.406 e. The molecule has 3 amide bonds. The van der Waals surface area contributed by atoms with Gasteiger partial charge in [-0.1, -0.05) is 32.1 Å². The number of nitrogens with zero attached hydrogens (tertiary/aromatic N) is 3. The van der Waals surface area contributed by atoms with E-state index < -0.39 is 48.0 Å². The Hall–Kier alpha value is -4.35. The van der Waals surface area contributed by atoms with Crippen LogP contribution >= 0.6 is 0 Å². The maximum absolute atomic E-state index is 13.8. The number of Topliss-reactive ketones (excluding diaryl/α,β-unsaturated/α-hetero) is 1. The van der Waals surface area contributed by atoms with E-state index in [1.165, 1.54) is 21.9 Å². The third-order valence-electron chi connectivity index (χ3n) is 7.17. The van der Waals surface area contributed by atoms with Gasteiger partial charge < -0.3 is 24.8 Å². The number of carbonyl (C=O) groups excluding carboxylic acids is 4. The van der Waals surface area contributed by atoms with Crippen molar-refractivity contribution in [3.8, 4) is 5.75 Å². The Balaban J connectivity index is 1.51. The van der Waals surface area contributed by atoms with Crippen LogP contribution in [-0.4, -0.2) is 85.0 Å². The summed E-state index contributed by atoms with van der Waals surface area (Å²) in [5.41, 5.74) is 1.20. The Labute approximate surface area is 241 Å². The van der Waals surface area contributed by atoms with Crippen LogP contribution in [0.15, 0.2) is 60.7 Å². The van der Waals surface area contributed by atoms with E-state index in [1.54, 1.807) is 36.4 Å². The van der Waals surface area contributed by atoms with Gasteiger partial charge in [0.2, 0.25) is 5.91 Å². The van der Waals surface area contributed by atoms with Crippen LogP contribution in [0.25, 0.3) is 0 Å². The third kappa shape index (κ3) is 6.92. The van der Waals surface area contributed by atoms with Crippen LogP contribution < -0.4 is 15.0 Å². The Morgan fingerprint density at radius 3 is 2.33 bits per heavy atom. The fraction of sp³-hybridized carbons (Fsp3) is 0.400. The van der Waals surface area contributed by atoms with Gasteiger partial charge in [-0.05, 0) is 54.8 Å². The molecule has 224 valence electrons. The summed E-state index contributed by atoms with van der Waals surface area (Å²) in [6.45, 7) is 3.72. The van der Waals surface area contributed by atoms with Crippen molar-refractivity contribution in [2.75, 3.05) is 32.1 Å². The summed E-state index contributed by atoms with van der Waals surface area (Å²) in [7, 11) is 3.75. The molecule has 0 radical (unpaired) electrons. The molecule has 4 rings (SSSR count). The minimum atomic E-state index is -4.92. The van der Waals surface area contributed by atoms with Crippen LogP contribution in [0.5, 0.6) is 5.75 Å². The summed E-state index contributed by atoms with van der Waals surface area (Å²) >= 11 is 0. The van der Waals surface area contributed by atoms with Crippen LogP contribution in [0.1, 0.15) is 41.0 Å². The van der Waals surface area contributed by atoms with Crippen molar-refractivity contribution in [2.45, 2.75) is 44.8 Å². The number of hydrogen-bond acceptors (Lipinski definition) is 6. The molecule has 0 spiro atoms. The van der Waals surface area contributed by atoms with Crippen molar-refractivity contribution in [2.24, 2.45) is 5.92 Å². The fourth-order valence-electron chi connectivity index (χ4n) is 5.17.